The molecule has 0 aliphatic rings. The number of benzene rings is 3. The summed E-state index contributed by atoms with van der Waals surface area (Å²) in [6.07, 6.45) is 2.73. The van der Waals surface area contributed by atoms with Crippen molar-refractivity contribution in [2.45, 2.75) is 6.61 Å². The Bertz CT molecular complexity index is 1040. The zero-order valence-corrected chi connectivity index (χ0v) is 15.2. The van der Waals surface area contributed by atoms with Crippen LogP contribution in [0.25, 0.3) is 0 Å². The lowest BCUT2D eigenvalue weighted by atomic mass is 10.2. The number of phenolic OH excluding ortho intramolecular Hbond substituents is 1. The zero-order chi connectivity index (χ0) is 20.5. The first kappa shape index (κ1) is 19.6. The van der Waals surface area contributed by atoms with Gasteiger partial charge in [-0.15, -0.1) is 0 Å². The summed E-state index contributed by atoms with van der Waals surface area (Å²) < 4.78 is 0. The van der Waals surface area contributed by atoms with Crippen LogP contribution in [0, 0.1) is 10.1 Å². The van der Waals surface area contributed by atoms with Crippen molar-refractivity contribution in [3.63, 3.8) is 0 Å². The van der Waals surface area contributed by atoms with Crippen molar-refractivity contribution < 1.29 is 19.7 Å². The van der Waals surface area contributed by atoms with Crippen molar-refractivity contribution in [2.24, 2.45) is 10.3 Å². The summed E-state index contributed by atoms with van der Waals surface area (Å²) >= 11 is 0. The van der Waals surface area contributed by atoms with Crippen molar-refractivity contribution in [3.05, 3.63) is 99.6 Å². The molecule has 1 N–H and O–H groups in total. The third kappa shape index (κ3) is 5.90. The number of hydrogen-bond acceptors (Lipinski definition) is 7. The molecule has 0 fully saturated rings. The van der Waals surface area contributed by atoms with Crippen molar-refractivity contribution in [1.29, 1.82) is 0 Å². The lowest BCUT2D eigenvalue weighted by Crippen LogP contribution is -1.96. The molecular weight excluding hydrogens is 374 g/mol. The molecule has 0 spiro atoms. The molecule has 3 aromatic carbocycles. The van der Waals surface area contributed by atoms with E-state index in [0.29, 0.717) is 17.7 Å². The van der Waals surface area contributed by atoms with Crippen LogP contribution >= 0.6 is 0 Å². The minimum absolute atomic E-state index is 0.0197. The van der Waals surface area contributed by atoms with Crippen molar-refractivity contribution in [3.8, 4) is 11.5 Å². The third-order valence-electron chi connectivity index (χ3n) is 3.75. The van der Waals surface area contributed by atoms with E-state index in [1.807, 2.05) is 30.3 Å². The first-order chi connectivity index (χ1) is 14.1. The maximum Gasteiger partial charge on any atom is 0.315 e. The number of phenols is 1. The second kappa shape index (κ2) is 9.65. The Morgan fingerprint density at radius 1 is 0.931 bits per heavy atom. The quantitative estimate of drug-likeness (QED) is 0.351. The monoisotopic (exact) mass is 391 g/mol. The second-order valence-electron chi connectivity index (χ2n) is 5.90. The van der Waals surface area contributed by atoms with Crippen LogP contribution in [0.5, 0.6) is 11.5 Å². The lowest BCUT2D eigenvalue weighted by molar-refractivity contribution is -0.385. The molecule has 0 saturated heterocycles. The molecule has 0 amide bonds. The van der Waals surface area contributed by atoms with Crippen LogP contribution in [-0.4, -0.2) is 22.5 Å². The van der Waals surface area contributed by atoms with E-state index in [-0.39, 0.29) is 17.2 Å². The predicted octanol–water partition coefficient (Wildman–Crippen LogP) is 4.26. The van der Waals surface area contributed by atoms with E-state index in [2.05, 4.69) is 10.3 Å². The third-order valence-corrected chi connectivity index (χ3v) is 3.75. The van der Waals surface area contributed by atoms with Gasteiger partial charge in [0, 0.05) is 11.6 Å². The normalized spacial score (nSPS) is 11.0. The van der Waals surface area contributed by atoms with Gasteiger partial charge < -0.3 is 14.8 Å². The molecule has 0 aliphatic carbocycles. The minimum Gasteiger partial charge on any atom is -0.508 e. The number of nitrogens with zero attached hydrogens (tertiary/aromatic N) is 3. The first-order valence-corrected chi connectivity index (χ1v) is 8.59. The molecule has 0 bridgehead atoms. The number of oxime groups is 2. The summed E-state index contributed by atoms with van der Waals surface area (Å²) in [6, 6.07) is 20.2. The summed E-state index contributed by atoms with van der Waals surface area (Å²) in [6.45, 7) is 0.296. The molecule has 0 saturated carbocycles. The van der Waals surface area contributed by atoms with Crippen LogP contribution in [0.2, 0.25) is 0 Å². The van der Waals surface area contributed by atoms with Crippen molar-refractivity contribution in [2.75, 3.05) is 0 Å². The van der Waals surface area contributed by atoms with Gasteiger partial charge in [-0.2, -0.15) is 0 Å². The van der Waals surface area contributed by atoms with Crippen LogP contribution in [0.3, 0.4) is 0 Å². The summed E-state index contributed by atoms with van der Waals surface area (Å²) in [5, 5.41) is 28.3. The Balaban J connectivity index is 1.65. The van der Waals surface area contributed by atoms with Crippen molar-refractivity contribution >= 4 is 18.1 Å². The maximum atomic E-state index is 11.3. The Labute approximate surface area is 166 Å². The highest BCUT2D eigenvalue weighted by molar-refractivity contribution is 5.81. The summed E-state index contributed by atoms with van der Waals surface area (Å²) in [4.78, 5) is 21.1. The summed E-state index contributed by atoms with van der Waals surface area (Å²) in [7, 11) is 0. The van der Waals surface area contributed by atoms with E-state index in [0.717, 1.165) is 5.56 Å². The largest absolute Gasteiger partial charge is 0.508 e. The number of aromatic hydroxyl groups is 1. The fourth-order valence-electron chi connectivity index (χ4n) is 2.37. The van der Waals surface area contributed by atoms with Crippen molar-refractivity contribution in [1.82, 2.24) is 0 Å². The van der Waals surface area contributed by atoms with Gasteiger partial charge in [0.2, 0.25) is 5.75 Å². The van der Waals surface area contributed by atoms with Crippen LogP contribution in [0.15, 0.2) is 83.1 Å². The fraction of sp³-hybridized carbons (Fsp3) is 0.0476. The number of nitro benzene ring substituents is 1. The highest BCUT2D eigenvalue weighted by Gasteiger charge is 2.16. The summed E-state index contributed by atoms with van der Waals surface area (Å²) in [5.74, 6) is 0.0619. The molecule has 0 radical (unpaired) electrons. The predicted molar refractivity (Wildman–Crippen MR) is 108 cm³/mol. The van der Waals surface area contributed by atoms with Gasteiger partial charge in [-0.05, 0) is 35.4 Å². The van der Waals surface area contributed by atoms with Crippen LogP contribution < -0.4 is 4.84 Å². The Kier molecular flexibility index (Phi) is 6.51. The average molecular weight is 391 g/mol. The van der Waals surface area contributed by atoms with Gasteiger partial charge in [0.05, 0.1) is 17.4 Å². The van der Waals surface area contributed by atoms with E-state index in [1.165, 1.54) is 36.7 Å². The Morgan fingerprint density at radius 3 is 2.45 bits per heavy atom. The van der Waals surface area contributed by atoms with Gasteiger partial charge in [-0.3, -0.25) is 10.1 Å². The lowest BCUT2D eigenvalue weighted by Gasteiger charge is -2.02. The second-order valence-corrected chi connectivity index (χ2v) is 5.90. The molecule has 0 heterocycles. The van der Waals surface area contributed by atoms with E-state index in [9.17, 15) is 15.2 Å². The molecule has 3 rings (SSSR count). The SMILES string of the molecule is O=[N+]([O-])c1cc(/C=N/OCc2ccccc2)ccc1O/N=C/c1cccc(O)c1. The van der Waals surface area contributed by atoms with Gasteiger partial charge in [0.15, 0.2) is 0 Å². The topological polar surface area (TPSA) is 107 Å². The van der Waals surface area contributed by atoms with E-state index in [4.69, 9.17) is 9.68 Å². The molecule has 0 aliphatic heterocycles. The highest BCUT2D eigenvalue weighted by atomic mass is 16.7. The first-order valence-electron chi connectivity index (χ1n) is 8.59. The van der Waals surface area contributed by atoms with E-state index < -0.39 is 4.92 Å². The average Bonchev–Trinajstić information content (AvgIpc) is 2.72. The summed E-state index contributed by atoms with van der Waals surface area (Å²) in [5.41, 5.74) is 1.77. The molecule has 0 atom stereocenters. The maximum absolute atomic E-state index is 11.3. The standard InChI is InChI=1S/C21H17N3O5/c25-19-8-4-7-17(11-19)14-23-29-21-10-9-18(12-20(21)24(26)27)13-22-28-15-16-5-2-1-3-6-16/h1-14,25H,15H2/b22-13+,23-14+. The molecule has 8 heteroatoms. The zero-order valence-electron chi connectivity index (χ0n) is 15.2. The fourth-order valence-corrected chi connectivity index (χ4v) is 2.37. The van der Waals surface area contributed by atoms with Crippen LogP contribution in [-0.2, 0) is 11.4 Å². The molecule has 0 aromatic heterocycles. The highest BCUT2D eigenvalue weighted by Crippen LogP contribution is 2.27. The van der Waals surface area contributed by atoms with Gasteiger partial charge in [0.25, 0.3) is 0 Å². The number of rotatable bonds is 8. The smallest absolute Gasteiger partial charge is 0.315 e. The van der Waals surface area contributed by atoms with Gasteiger partial charge in [-0.1, -0.05) is 52.8 Å². The Morgan fingerprint density at radius 2 is 1.69 bits per heavy atom. The van der Waals surface area contributed by atoms with Crippen LogP contribution in [0.4, 0.5) is 5.69 Å². The molecular formula is C21H17N3O5. The van der Waals surface area contributed by atoms with Crippen LogP contribution in [0.1, 0.15) is 16.7 Å². The van der Waals surface area contributed by atoms with E-state index in [1.54, 1.807) is 18.2 Å². The van der Waals surface area contributed by atoms with Gasteiger partial charge >= 0.3 is 5.69 Å². The Hall–Kier alpha value is -4.20. The minimum atomic E-state index is -0.568. The molecule has 0 unspecified atom stereocenters. The van der Waals surface area contributed by atoms with Gasteiger partial charge in [0.1, 0.15) is 12.4 Å². The molecule has 8 nitrogen and oxygen atoms in total. The number of hydrogen-bond donors (Lipinski definition) is 1. The molecule has 146 valence electrons. The molecule has 29 heavy (non-hydrogen) atoms. The molecule has 3 aromatic rings. The van der Waals surface area contributed by atoms with Gasteiger partial charge in [-0.25, -0.2) is 0 Å². The number of nitro groups is 1. The van der Waals surface area contributed by atoms with E-state index >= 15 is 0 Å².